The number of halogens is 3. The van der Waals surface area contributed by atoms with Gasteiger partial charge in [0, 0.05) is 11.3 Å². The van der Waals surface area contributed by atoms with Crippen molar-refractivity contribution >= 4 is 29.1 Å². The maximum Gasteiger partial charge on any atom is 0.416 e. The number of carbonyl (C=O) groups is 2. The second kappa shape index (κ2) is 8.39. The normalized spacial score (nSPS) is 11.2. The molecular weight excluding hydrogens is 411 g/mol. The number of nitrogens with one attached hydrogen (secondary N) is 1. The van der Waals surface area contributed by atoms with Crippen LogP contribution in [0, 0.1) is 0 Å². The fourth-order valence-corrected chi connectivity index (χ4v) is 3.23. The van der Waals surface area contributed by atoms with Crippen LogP contribution in [0.2, 0.25) is 0 Å². The van der Waals surface area contributed by atoms with Crippen LogP contribution in [0.5, 0.6) is 0 Å². The number of rotatable bonds is 5. The molecule has 2 aromatic heterocycles. The van der Waals surface area contributed by atoms with Crippen LogP contribution in [0.25, 0.3) is 11.3 Å². The average molecular weight is 425 g/mol. The fourth-order valence-electron chi connectivity index (χ4n) is 2.42. The summed E-state index contributed by atoms with van der Waals surface area (Å²) in [6.45, 7) is -0.248. The third-order valence-electron chi connectivity index (χ3n) is 3.74. The summed E-state index contributed by atoms with van der Waals surface area (Å²) in [6.07, 6.45) is -5.45. The van der Waals surface area contributed by atoms with Crippen molar-refractivity contribution in [3.63, 3.8) is 0 Å². The van der Waals surface area contributed by atoms with E-state index in [0.717, 1.165) is 12.1 Å². The van der Waals surface area contributed by atoms with Crippen LogP contribution < -0.4 is 5.32 Å². The van der Waals surface area contributed by atoms with E-state index in [2.05, 4.69) is 5.32 Å². The van der Waals surface area contributed by atoms with Crippen molar-refractivity contribution in [1.82, 2.24) is 0 Å². The second-order valence-electron chi connectivity index (χ2n) is 5.70. The maximum absolute atomic E-state index is 12.7. The molecular formula is C19H14F3NO5S. The van der Waals surface area contributed by atoms with Gasteiger partial charge >= 0.3 is 18.2 Å². The Kier molecular flexibility index (Phi) is 5.92. The number of furan rings is 1. The van der Waals surface area contributed by atoms with Crippen LogP contribution in [0.1, 0.15) is 21.0 Å². The molecule has 0 unspecified atom stereocenters. The Hall–Kier alpha value is -3.27. The Labute approximate surface area is 166 Å². The van der Waals surface area contributed by atoms with Crippen molar-refractivity contribution in [2.75, 3.05) is 12.4 Å². The predicted octanol–water partition coefficient (Wildman–Crippen LogP) is 5.56. The minimum Gasteiger partial charge on any atom is -0.465 e. The Morgan fingerprint density at radius 1 is 1.17 bits per heavy atom. The number of thiophene rings is 1. The number of ether oxygens (including phenoxy) is 2. The smallest absolute Gasteiger partial charge is 0.416 e. The van der Waals surface area contributed by atoms with Gasteiger partial charge in [0.2, 0.25) is 0 Å². The van der Waals surface area contributed by atoms with Crippen molar-refractivity contribution in [3.8, 4) is 11.3 Å². The third kappa shape index (κ3) is 4.96. The van der Waals surface area contributed by atoms with Gasteiger partial charge in [-0.3, -0.25) is 5.32 Å². The van der Waals surface area contributed by atoms with Gasteiger partial charge in [-0.1, -0.05) is 6.07 Å². The van der Waals surface area contributed by atoms with E-state index in [9.17, 15) is 22.8 Å². The van der Waals surface area contributed by atoms with Crippen molar-refractivity contribution in [3.05, 3.63) is 64.0 Å². The summed E-state index contributed by atoms with van der Waals surface area (Å²) in [6, 6.07) is 9.05. The molecule has 10 heteroatoms. The Bertz CT molecular complexity index is 1020. The van der Waals surface area contributed by atoms with Crippen molar-refractivity contribution < 1.29 is 36.7 Å². The first kappa shape index (κ1) is 20.5. The van der Waals surface area contributed by atoms with Gasteiger partial charge < -0.3 is 13.9 Å². The highest BCUT2D eigenvalue weighted by atomic mass is 32.1. The fraction of sp³-hybridized carbons (Fsp3) is 0.158. The molecule has 6 nitrogen and oxygen atoms in total. The maximum atomic E-state index is 12.7. The number of esters is 1. The molecule has 152 valence electrons. The van der Waals surface area contributed by atoms with Crippen LogP contribution in [-0.4, -0.2) is 19.2 Å². The molecule has 0 bridgehead atoms. The molecule has 1 N–H and O–H groups in total. The number of amides is 1. The van der Waals surface area contributed by atoms with E-state index in [-0.39, 0.29) is 12.3 Å². The Morgan fingerprint density at radius 2 is 1.97 bits per heavy atom. The molecule has 0 aliphatic carbocycles. The van der Waals surface area contributed by atoms with Crippen LogP contribution in [0.15, 0.2) is 52.3 Å². The lowest BCUT2D eigenvalue weighted by Gasteiger charge is -2.09. The molecule has 0 radical (unpaired) electrons. The van der Waals surface area contributed by atoms with Gasteiger partial charge in [-0.2, -0.15) is 13.2 Å². The summed E-state index contributed by atoms with van der Waals surface area (Å²) < 4.78 is 53.4. The number of benzene rings is 1. The molecule has 1 aromatic carbocycles. The second-order valence-corrected chi connectivity index (χ2v) is 6.62. The lowest BCUT2D eigenvalue weighted by molar-refractivity contribution is -0.137. The molecule has 0 aliphatic heterocycles. The topological polar surface area (TPSA) is 77.8 Å². The van der Waals surface area contributed by atoms with E-state index in [1.54, 1.807) is 23.6 Å². The highest BCUT2D eigenvalue weighted by Crippen LogP contribution is 2.31. The first-order valence-electron chi connectivity index (χ1n) is 8.14. The monoisotopic (exact) mass is 425 g/mol. The third-order valence-corrected chi connectivity index (χ3v) is 4.64. The van der Waals surface area contributed by atoms with E-state index in [4.69, 9.17) is 13.9 Å². The summed E-state index contributed by atoms with van der Waals surface area (Å²) in [4.78, 5) is 24.0. The molecule has 0 saturated carbocycles. The van der Waals surface area contributed by atoms with E-state index in [1.165, 1.54) is 30.6 Å². The summed E-state index contributed by atoms with van der Waals surface area (Å²) in [5, 5.41) is 3.94. The lowest BCUT2D eigenvalue weighted by Crippen LogP contribution is -2.14. The van der Waals surface area contributed by atoms with Gasteiger partial charge in [-0.25, -0.2) is 9.59 Å². The van der Waals surface area contributed by atoms with E-state index in [0.29, 0.717) is 22.0 Å². The quantitative estimate of drug-likeness (QED) is 0.542. The van der Waals surface area contributed by atoms with E-state index < -0.39 is 23.8 Å². The Morgan fingerprint density at radius 3 is 2.69 bits per heavy atom. The van der Waals surface area contributed by atoms with Gasteiger partial charge in [-0.15, -0.1) is 11.3 Å². The van der Waals surface area contributed by atoms with Crippen molar-refractivity contribution in [1.29, 1.82) is 0 Å². The highest BCUT2D eigenvalue weighted by molar-refractivity contribution is 7.12. The van der Waals surface area contributed by atoms with Crippen molar-refractivity contribution in [2.45, 2.75) is 12.8 Å². The molecule has 0 atom stereocenters. The number of hydrogen-bond acceptors (Lipinski definition) is 6. The minimum atomic E-state index is -4.52. The molecule has 29 heavy (non-hydrogen) atoms. The summed E-state index contributed by atoms with van der Waals surface area (Å²) in [5.41, 5.74) is -0.393. The van der Waals surface area contributed by atoms with Crippen molar-refractivity contribution in [2.24, 2.45) is 0 Å². The SMILES string of the molecule is COC(=O)c1sccc1-c1ccc(COC(=O)Nc2cccc(C(F)(F)F)c2)o1. The van der Waals surface area contributed by atoms with Crippen LogP contribution in [-0.2, 0) is 22.3 Å². The summed E-state index contributed by atoms with van der Waals surface area (Å²) in [5.74, 6) is 0.189. The van der Waals surface area contributed by atoms with Gasteiger partial charge in [0.1, 0.15) is 16.4 Å². The van der Waals surface area contributed by atoms with Gasteiger partial charge in [0.05, 0.1) is 12.7 Å². The van der Waals surface area contributed by atoms with Crippen LogP contribution in [0.3, 0.4) is 0 Å². The van der Waals surface area contributed by atoms with Crippen LogP contribution in [0.4, 0.5) is 23.7 Å². The minimum absolute atomic E-state index is 0.0500. The number of alkyl halides is 3. The molecule has 0 fully saturated rings. The molecule has 3 rings (SSSR count). The molecule has 0 aliphatic rings. The highest BCUT2D eigenvalue weighted by Gasteiger charge is 2.30. The molecule has 0 spiro atoms. The average Bonchev–Trinajstić information content (AvgIpc) is 3.34. The summed E-state index contributed by atoms with van der Waals surface area (Å²) >= 11 is 1.20. The largest absolute Gasteiger partial charge is 0.465 e. The van der Waals surface area contributed by atoms with E-state index in [1.807, 2.05) is 0 Å². The molecule has 3 aromatic rings. The molecule has 1 amide bonds. The van der Waals surface area contributed by atoms with E-state index >= 15 is 0 Å². The number of hydrogen-bond donors (Lipinski definition) is 1. The zero-order chi connectivity index (χ0) is 21.0. The Balaban J connectivity index is 1.61. The predicted molar refractivity (Wildman–Crippen MR) is 98.6 cm³/mol. The first-order chi connectivity index (χ1) is 13.8. The standard InChI is InChI=1S/C19H14F3NO5S/c1-26-17(24)16-14(7-8-29-16)15-6-5-13(28-15)10-27-18(25)23-12-4-2-3-11(9-12)19(20,21)22/h2-9H,10H2,1H3,(H,23,25). The number of methoxy groups -OCH3 is 1. The lowest BCUT2D eigenvalue weighted by atomic mass is 10.2. The van der Waals surface area contributed by atoms with Crippen LogP contribution >= 0.6 is 11.3 Å². The number of carbonyl (C=O) groups excluding carboxylic acids is 2. The zero-order valence-corrected chi connectivity index (χ0v) is 15.7. The molecule has 2 heterocycles. The molecule has 0 saturated heterocycles. The first-order valence-corrected chi connectivity index (χ1v) is 9.02. The zero-order valence-electron chi connectivity index (χ0n) is 14.9. The van der Waals surface area contributed by atoms with Gasteiger partial charge in [-0.05, 0) is 41.8 Å². The summed E-state index contributed by atoms with van der Waals surface area (Å²) in [7, 11) is 1.27. The van der Waals surface area contributed by atoms with Gasteiger partial charge in [0.15, 0.2) is 6.61 Å². The van der Waals surface area contributed by atoms with Gasteiger partial charge in [0.25, 0.3) is 0 Å². The number of anilines is 1.